The number of rotatable bonds is 6. The molecule has 0 bridgehead atoms. The molecule has 1 aromatic heterocycles. The molecule has 0 unspecified atom stereocenters. The number of anilines is 1. The summed E-state index contributed by atoms with van der Waals surface area (Å²) in [5.74, 6) is 0.423. The number of hydrogen-bond acceptors (Lipinski definition) is 6. The van der Waals surface area contributed by atoms with Crippen LogP contribution < -0.4 is 11.1 Å². The molecule has 21 heavy (non-hydrogen) atoms. The summed E-state index contributed by atoms with van der Waals surface area (Å²) in [6.07, 6.45) is 4.25. The van der Waals surface area contributed by atoms with Crippen LogP contribution in [0.1, 0.15) is 31.4 Å². The van der Waals surface area contributed by atoms with Gasteiger partial charge >= 0.3 is 5.69 Å². The van der Waals surface area contributed by atoms with Crippen LogP contribution in [0.25, 0.3) is 0 Å². The van der Waals surface area contributed by atoms with Gasteiger partial charge in [-0.3, -0.25) is 10.1 Å². The first-order chi connectivity index (χ1) is 9.99. The normalized spacial score (nSPS) is 22.2. The zero-order chi connectivity index (χ0) is 15.4. The van der Waals surface area contributed by atoms with Gasteiger partial charge in [-0.1, -0.05) is 0 Å². The minimum absolute atomic E-state index is 0.0288. The molecule has 0 saturated heterocycles. The van der Waals surface area contributed by atoms with Crippen LogP contribution in [0, 0.1) is 17.0 Å². The number of nitrogens with zero attached hydrogens (tertiary/aromatic N) is 3. The van der Waals surface area contributed by atoms with E-state index in [0.717, 1.165) is 25.7 Å². The molecular weight excluding hydrogens is 274 g/mol. The molecule has 0 aliphatic heterocycles. The van der Waals surface area contributed by atoms with E-state index in [1.54, 1.807) is 14.0 Å². The fourth-order valence-electron chi connectivity index (χ4n) is 2.71. The van der Waals surface area contributed by atoms with Gasteiger partial charge in [0.1, 0.15) is 5.69 Å². The predicted molar refractivity (Wildman–Crippen MR) is 79.3 cm³/mol. The summed E-state index contributed by atoms with van der Waals surface area (Å²) < 4.78 is 7.28. The van der Waals surface area contributed by atoms with Crippen LogP contribution in [0.3, 0.4) is 0 Å². The van der Waals surface area contributed by atoms with Crippen molar-refractivity contribution in [2.45, 2.75) is 44.8 Å². The zero-order valence-electron chi connectivity index (χ0n) is 12.5. The summed E-state index contributed by atoms with van der Waals surface area (Å²) in [5.41, 5.74) is 6.29. The highest BCUT2D eigenvalue weighted by Crippen LogP contribution is 2.27. The maximum absolute atomic E-state index is 11.0. The molecule has 1 heterocycles. The van der Waals surface area contributed by atoms with Crippen molar-refractivity contribution in [3.8, 4) is 0 Å². The van der Waals surface area contributed by atoms with E-state index in [1.165, 1.54) is 4.68 Å². The fourth-order valence-corrected chi connectivity index (χ4v) is 2.71. The van der Waals surface area contributed by atoms with Crippen molar-refractivity contribution < 1.29 is 9.66 Å². The van der Waals surface area contributed by atoms with Crippen molar-refractivity contribution >= 4 is 11.5 Å². The highest BCUT2D eigenvalue weighted by atomic mass is 16.6. The van der Waals surface area contributed by atoms with E-state index in [1.807, 2.05) is 0 Å². The summed E-state index contributed by atoms with van der Waals surface area (Å²) in [6, 6.07) is 0.308. The lowest BCUT2D eigenvalue weighted by Crippen LogP contribution is -2.31. The minimum Gasteiger partial charge on any atom is -0.376 e. The molecule has 0 radical (unpaired) electrons. The first-order valence-electron chi connectivity index (χ1n) is 7.28. The summed E-state index contributed by atoms with van der Waals surface area (Å²) in [4.78, 5) is 10.6. The molecule has 0 aromatic carbocycles. The molecule has 1 aliphatic rings. The largest absolute Gasteiger partial charge is 0.376 e. The Kier molecular flexibility index (Phi) is 5.13. The van der Waals surface area contributed by atoms with Crippen molar-refractivity contribution in [3.05, 3.63) is 15.8 Å². The van der Waals surface area contributed by atoms with Crippen LogP contribution in [0.2, 0.25) is 0 Å². The second kappa shape index (κ2) is 6.86. The Morgan fingerprint density at radius 1 is 1.48 bits per heavy atom. The van der Waals surface area contributed by atoms with Gasteiger partial charge in [-0.05, 0) is 32.6 Å². The van der Waals surface area contributed by atoms with Crippen molar-refractivity contribution in [2.24, 2.45) is 12.8 Å². The standard InChI is InChI=1S/C13H23N5O3/c1-9-12(18(19)20)13(17(2)16-9)15-7-8-21-11-5-3-10(14)4-6-11/h10-11,15H,3-8,14H2,1-2H3. The molecule has 8 heteroatoms. The average molecular weight is 297 g/mol. The second-order valence-corrected chi connectivity index (χ2v) is 5.50. The topological polar surface area (TPSA) is 108 Å². The first kappa shape index (κ1) is 15.7. The third-order valence-electron chi connectivity index (χ3n) is 3.84. The zero-order valence-corrected chi connectivity index (χ0v) is 12.5. The quantitative estimate of drug-likeness (QED) is 0.466. The third-order valence-corrected chi connectivity index (χ3v) is 3.84. The van der Waals surface area contributed by atoms with E-state index in [2.05, 4.69) is 10.4 Å². The van der Waals surface area contributed by atoms with Crippen LogP contribution >= 0.6 is 0 Å². The Bertz CT molecular complexity index is 494. The lowest BCUT2D eigenvalue weighted by Gasteiger charge is -2.26. The summed E-state index contributed by atoms with van der Waals surface area (Å²) in [6.45, 7) is 2.66. The number of aromatic nitrogens is 2. The predicted octanol–water partition coefficient (Wildman–Crippen LogP) is 1.34. The van der Waals surface area contributed by atoms with E-state index in [0.29, 0.717) is 30.7 Å². The highest BCUT2D eigenvalue weighted by Gasteiger charge is 2.24. The van der Waals surface area contributed by atoms with Crippen LogP contribution in [-0.4, -0.2) is 40.0 Å². The molecule has 118 valence electrons. The molecular formula is C13H23N5O3. The number of hydrogen-bond donors (Lipinski definition) is 2. The van der Waals surface area contributed by atoms with Gasteiger partial charge in [0, 0.05) is 19.6 Å². The SMILES string of the molecule is Cc1nn(C)c(NCCOC2CCC(N)CC2)c1[N+](=O)[O-]. The molecule has 1 aromatic rings. The van der Waals surface area contributed by atoms with Crippen molar-refractivity contribution in [3.63, 3.8) is 0 Å². The van der Waals surface area contributed by atoms with E-state index in [9.17, 15) is 10.1 Å². The van der Waals surface area contributed by atoms with Gasteiger partial charge in [0.25, 0.3) is 0 Å². The first-order valence-corrected chi connectivity index (χ1v) is 7.28. The van der Waals surface area contributed by atoms with Crippen LogP contribution in [0.4, 0.5) is 11.5 Å². The number of nitrogens with one attached hydrogen (secondary N) is 1. The fraction of sp³-hybridized carbons (Fsp3) is 0.769. The van der Waals surface area contributed by atoms with Crippen molar-refractivity contribution in [1.82, 2.24) is 9.78 Å². The van der Waals surface area contributed by atoms with Crippen molar-refractivity contribution in [1.29, 1.82) is 0 Å². The molecule has 1 fully saturated rings. The second-order valence-electron chi connectivity index (χ2n) is 5.50. The Hall–Kier alpha value is -1.67. The van der Waals surface area contributed by atoms with Gasteiger partial charge in [0.05, 0.1) is 17.6 Å². The summed E-state index contributed by atoms with van der Waals surface area (Å²) in [5, 5.41) is 18.1. The smallest absolute Gasteiger partial charge is 0.333 e. The van der Waals surface area contributed by atoms with Crippen LogP contribution in [-0.2, 0) is 11.8 Å². The Balaban J connectivity index is 1.80. The van der Waals surface area contributed by atoms with Gasteiger partial charge in [0.15, 0.2) is 0 Å². The van der Waals surface area contributed by atoms with Gasteiger partial charge in [0.2, 0.25) is 5.82 Å². The van der Waals surface area contributed by atoms with Gasteiger partial charge in [-0.15, -0.1) is 0 Å². The summed E-state index contributed by atoms with van der Waals surface area (Å²) in [7, 11) is 1.69. The molecule has 1 aliphatic carbocycles. The molecule has 8 nitrogen and oxygen atoms in total. The van der Waals surface area contributed by atoms with E-state index in [-0.39, 0.29) is 11.8 Å². The van der Waals surface area contributed by atoms with Crippen molar-refractivity contribution in [2.75, 3.05) is 18.5 Å². The van der Waals surface area contributed by atoms with Gasteiger partial charge < -0.3 is 15.8 Å². The monoisotopic (exact) mass is 297 g/mol. The number of aryl methyl sites for hydroxylation is 2. The maximum Gasteiger partial charge on any atom is 0.333 e. The lowest BCUT2D eigenvalue weighted by atomic mass is 9.94. The lowest BCUT2D eigenvalue weighted by molar-refractivity contribution is -0.384. The van der Waals surface area contributed by atoms with E-state index < -0.39 is 4.92 Å². The van der Waals surface area contributed by atoms with Crippen LogP contribution in [0.15, 0.2) is 0 Å². The van der Waals surface area contributed by atoms with Gasteiger partial charge in [-0.25, -0.2) is 4.68 Å². The third kappa shape index (κ3) is 3.92. The highest BCUT2D eigenvalue weighted by molar-refractivity contribution is 5.59. The number of nitrogens with two attached hydrogens (primary N) is 1. The Labute approximate surface area is 123 Å². The molecule has 0 spiro atoms. The molecule has 0 atom stereocenters. The van der Waals surface area contributed by atoms with E-state index in [4.69, 9.17) is 10.5 Å². The average Bonchev–Trinajstić information content (AvgIpc) is 2.71. The number of nitro groups is 1. The Morgan fingerprint density at radius 3 is 2.76 bits per heavy atom. The van der Waals surface area contributed by atoms with E-state index >= 15 is 0 Å². The number of ether oxygens (including phenoxy) is 1. The van der Waals surface area contributed by atoms with Crippen LogP contribution in [0.5, 0.6) is 0 Å². The molecule has 2 rings (SSSR count). The maximum atomic E-state index is 11.0. The molecule has 3 N–H and O–H groups in total. The minimum atomic E-state index is -0.409. The summed E-state index contributed by atoms with van der Waals surface area (Å²) >= 11 is 0. The molecule has 1 saturated carbocycles. The Morgan fingerprint density at radius 2 is 2.14 bits per heavy atom. The van der Waals surface area contributed by atoms with Gasteiger partial charge in [-0.2, -0.15) is 5.10 Å². The molecule has 0 amide bonds.